The lowest BCUT2D eigenvalue weighted by Gasteiger charge is -2.55. The Labute approximate surface area is 207 Å². The molecule has 0 radical (unpaired) electrons. The van der Waals surface area contributed by atoms with Gasteiger partial charge < -0.3 is 4.43 Å². The highest BCUT2D eigenvalue weighted by Crippen LogP contribution is 2.66. The smallest absolute Gasteiger partial charge is 0.184 e. The van der Waals surface area contributed by atoms with Gasteiger partial charge in [0, 0.05) is 6.10 Å². The predicted molar refractivity (Wildman–Crippen MR) is 146 cm³/mol. The van der Waals surface area contributed by atoms with E-state index in [-0.39, 0.29) is 0 Å². The van der Waals surface area contributed by atoms with Crippen molar-refractivity contribution in [2.75, 3.05) is 0 Å². The quantitative estimate of drug-likeness (QED) is 0.337. The molecule has 4 rings (SSSR count). The summed E-state index contributed by atoms with van der Waals surface area (Å²) in [5.74, 6) is 5.09. The first-order chi connectivity index (χ1) is 15.3. The molecule has 4 aliphatic carbocycles. The van der Waals surface area contributed by atoms with E-state index in [0.29, 0.717) is 16.9 Å². The molecule has 0 aromatic rings. The monoisotopic (exact) mass is 470 g/mol. The maximum absolute atomic E-state index is 6.57. The second-order valence-electron chi connectivity index (χ2n) is 14.5. The number of rotatable bonds is 7. The summed E-state index contributed by atoms with van der Waals surface area (Å²) in [5.41, 5.74) is 4.48. The SMILES string of the molecule is CC(C)C(C)CCC(C)C1CCC2C3=CC=C4C[C@@H](O[Si](C)(C)C)CCC4(C)C3CCC21C. The minimum Gasteiger partial charge on any atom is -0.414 e. The summed E-state index contributed by atoms with van der Waals surface area (Å²) in [6.07, 6.45) is 18.0. The van der Waals surface area contributed by atoms with E-state index in [2.05, 4.69) is 73.3 Å². The minimum atomic E-state index is -1.47. The van der Waals surface area contributed by atoms with Gasteiger partial charge in [-0.3, -0.25) is 0 Å². The molecule has 3 saturated carbocycles. The number of allylic oxidation sites excluding steroid dienone is 3. The van der Waals surface area contributed by atoms with Crippen LogP contribution < -0.4 is 0 Å². The highest BCUT2D eigenvalue weighted by molar-refractivity contribution is 6.69. The summed E-state index contributed by atoms with van der Waals surface area (Å²) in [4.78, 5) is 0. The Balaban J connectivity index is 1.50. The Morgan fingerprint density at radius 2 is 1.64 bits per heavy atom. The van der Waals surface area contributed by atoms with Gasteiger partial charge in [-0.25, -0.2) is 0 Å². The van der Waals surface area contributed by atoms with E-state index in [9.17, 15) is 0 Å². The zero-order valence-electron chi connectivity index (χ0n) is 23.5. The molecule has 1 nitrogen and oxygen atoms in total. The largest absolute Gasteiger partial charge is 0.414 e. The third-order valence-corrected chi connectivity index (χ3v) is 12.1. The lowest BCUT2D eigenvalue weighted by molar-refractivity contribution is 0.0345. The van der Waals surface area contributed by atoms with E-state index < -0.39 is 8.32 Å². The Hall–Kier alpha value is -0.343. The number of hydrogen-bond donors (Lipinski definition) is 0. The molecule has 2 heteroatoms. The molecule has 0 aromatic heterocycles. The fourth-order valence-corrected chi connectivity index (χ4v) is 9.81. The van der Waals surface area contributed by atoms with Gasteiger partial charge in [0.15, 0.2) is 8.32 Å². The molecule has 0 aliphatic heterocycles. The molecule has 7 unspecified atom stereocenters. The number of fused-ring (bicyclic) bond motifs is 5. The molecular weight excluding hydrogens is 416 g/mol. The highest BCUT2D eigenvalue weighted by Gasteiger charge is 2.57. The van der Waals surface area contributed by atoms with E-state index in [1.54, 1.807) is 5.57 Å². The van der Waals surface area contributed by atoms with Crippen LogP contribution in [0.3, 0.4) is 0 Å². The predicted octanol–water partition coefficient (Wildman–Crippen LogP) is 9.41. The Bertz CT molecular complexity index is 772. The molecule has 188 valence electrons. The highest BCUT2D eigenvalue weighted by atomic mass is 28.4. The van der Waals surface area contributed by atoms with Gasteiger partial charge in [0.2, 0.25) is 0 Å². The van der Waals surface area contributed by atoms with E-state index in [1.165, 1.54) is 57.8 Å². The van der Waals surface area contributed by atoms with Crippen molar-refractivity contribution in [3.8, 4) is 0 Å². The molecule has 8 atom stereocenters. The molecular formula is C31H54OSi. The van der Waals surface area contributed by atoms with E-state index in [1.807, 2.05) is 5.57 Å². The van der Waals surface area contributed by atoms with E-state index in [0.717, 1.165) is 35.5 Å². The number of hydrogen-bond acceptors (Lipinski definition) is 1. The van der Waals surface area contributed by atoms with Gasteiger partial charge in [0.1, 0.15) is 0 Å². The van der Waals surface area contributed by atoms with E-state index in [4.69, 9.17) is 4.43 Å². The topological polar surface area (TPSA) is 9.23 Å². The summed E-state index contributed by atoms with van der Waals surface area (Å²) in [5, 5.41) is 0. The molecule has 0 N–H and O–H groups in total. The fourth-order valence-electron chi connectivity index (χ4n) is 8.61. The van der Waals surface area contributed by atoms with Crippen molar-refractivity contribution >= 4 is 8.32 Å². The first kappa shape index (κ1) is 25.7. The summed E-state index contributed by atoms with van der Waals surface area (Å²) in [6.45, 7) is 22.2. The first-order valence-electron chi connectivity index (χ1n) is 14.4. The van der Waals surface area contributed by atoms with Gasteiger partial charge in [0.05, 0.1) is 0 Å². The standard InChI is InChI=1S/C31H54OSi/c1-21(2)22(3)10-11-23(4)27-14-15-28-26-13-12-24-20-25(32-33(7,8)9)16-18-30(24,5)29(26)17-19-31(27,28)6/h12-13,21-23,25,27-29H,10-11,14-20H2,1-9H3/t22?,23?,25-,27?,28?,29?,30?,31?/m0/s1. The van der Waals surface area contributed by atoms with Crippen LogP contribution in [0.4, 0.5) is 0 Å². The lowest BCUT2D eigenvalue weighted by atomic mass is 9.50. The van der Waals surface area contributed by atoms with Crippen molar-refractivity contribution in [2.24, 2.45) is 46.3 Å². The van der Waals surface area contributed by atoms with Crippen LogP contribution in [0.1, 0.15) is 99.3 Å². The maximum Gasteiger partial charge on any atom is 0.184 e. The molecule has 4 aliphatic rings. The van der Waals surface area contributed by atoms with Crippen molar-refractivity contribution in [1.29, 1.82) is 0 Å². The van der Waals surface area contributed by atoms with Crippen LogP contribution in [0.2, 0.25) is 19.6 Å². The Kier molecular flexibility index (Phi) is 7.23. The summed E-state index contributed by atoms with van der Waals surface area (Å²) in [6, 6.07) is 0. The Morgan fingerprint density at radius 1 is 0.909 bits per heavy atom. The molecule has 3 fully saturated rings. The molecule has 0 heterocycles. The third-order valence-electron chi connectivity index (χ3n) is 11.0. The molecule has 0 spiro atoms. The van der Waals surface area contributed by atoms with Gasteiger partial charge in [-0.15, -0.1) is 0 Å². The van der Waals surface area contributed by atoms with Crippen LogP contribution in [0.15, 0.2) is 23.3 Å². The second-order valence-corrected chi connectivity index (χ2v) is 18.9. The second kappa shape index (κ2) is 9.27. The van der Waals surface area contributed by atoms with Crippen LogP contribution in [0.5, 0.6) is 0 Å². The van der Waals surface area contributed by atoms with Crippen LogP contribution in [0, 0.1) is 46.3 Å². The van der Waals surface area contributed by atoms with Crippen LogP contribution in [0.25, 0.3) is 0 Å². The minimum absolute atomic E-state index is 0.390. The van der Waals surface area contributed by atoms with Crippen LogP contribution in [-0.4, -0.2) is 14.4 Å². The van der Waals surface area contributed by atoms with Crippen molar-refractivity contribution < 1.29 is 4.43 Å². The summed E-state index contributed by atoms with van der Waals surface area (Å²) >= 11 is 0. The Morgan fingerprint density at radius 3 is 2.30 bits per heavy atom. The van der Waals surface area contributed by atoms with Crippen LogP contribution in [-0.2, 0) is 4.43 Å². The van der Waals surface area contributed by atoms with Crippen molar-refractivity contribution in [1.82, 2.24) is 0 Å². The average molecular weight is 471 g/mol. The molecule has 0 aromatic carbocycles. The molecule has 33 heavy (non-hydrogen) atoms. The van der Waals surface area contributed by atoms with E-state index >= 15 is 0 Å². The van der Waals surface area contributed by atoms with Gasteiger partial charge in [-0.1, -0.05) is 77.7 Å². The summed E-state index contributed by atoms with van der Waals surface area (Å²) in [7, 11) is -1.47. The van der Waals surface area contributed by atoms with Crippen LogP contribution >= 0.6 is 0 Å². The zero-order chi connectivity index (χ0) is 24.2. The zero-order valence-corrected chi connectivity index (χ0v) is 24.5. The maximum atomic E-state index is 6.57. The van der Waals surface area contributed by atoms with Gasteiger partial charge >= 0.3 is 0 Å². The first-order valence-corrected chi connectivity index (χ1v) is 17.8. The molecule has 0 bridgehead atoms. The molecule has 0 amide bonds. The van der Waals surface area contributed by atoms with Crippen molar-refractivity contribution in [3.63, 3.8) is 0 Å². The molecule has 0 saturated heterocycles. The van der Waals surface area contributed by atoms with Gasteiger partial charge in [-0.05, 0) is 111 Å². The van der Waals surface area contributed by atoms with Gasteiger partial charge in [-0.2, -0.15) is 0 Å². The average Bonchev–Trinajstić information content (AvgIpc) is 3.08. The van der Waals surface area contributed by atoms with Crippen molar-refractivity contribution in [3.05, 3.63) is 23.3 Å². The summed E-state index contributed by atoms with van der Waals surface area (Å²) < 4.78 is 6.57. The lowest BCUT2D eigenvalue weighted by Crippen LogP contribution is -2.47. The van der Waals surface area contributed by atoms with Crippen molar-refractivity contribution in [2.45, 2.75) is 125 Å². The normalized spacial score (nSPS) is 40.4. The fraction of sp³-hybridized carbons (Fsp3) is 0.871. The third kappa shape index (κ3) is 4.86. The van der Waals surface area contributed by atoms with Gasteiger partial charge in [0.25, 0.3) is 0 Å².